The third-order valence-corrected chi connectivity index (χ3v) is 3.92. The molecule has 2 rings (SSSR count). The average Bonchev–Trinajstić information content (AvgIpc) is 2.28. The van der Waals surface area contributed by atoms with Gasteiger partial charge in [0.15, 0.2) is 0 Å². The third-order valence-electron chi connectivity index (χ3n) is 3.92. The van der Waals surface area contributed by atoms with Crippen LogP contribution in [-0.4, -0.2) is 12.2 Å². The number of benzene rings is 1. The summed E-state index contributed by atoms with van der Waals surface area (Å²) in [5.41, 5.74) is 2.37. The Balaban J connectivity index is 2.38. The van der Waals surface area contributed by atoms with Crippen molar-refractivity contribution in [3.05, 3.63) is 35.4 Å². The van der Waals surface area contributed by atoms with Gasteiger partial charge in [-0.3, -0.25) is 0 Å². The van der Waals surface area contributed by atoms with Gasteiger partial charge in [-0.05, 0) is 39.2 Å². The van der Waals surface area contributed by atoms with Crippen molar-refractivity contribution < 1.29 is 4.74 Å². The largest absolute Gasteiger partial charge is 0.376 e. The minimum absolute atomic E-state index is 0.0375. The van der Waals surface area contributed by atoms with Crippen LogP contribution in [0.4, 0.5) is 0 Å². The van der Waals surface area contributed by atoms with Gasteiger partial charge in [-0.25, -0.2) is 0 Å². The first-order chi connectivity index (χ1) is 8.47. The summed E-state index contributed by atoms with van der Waals surface area (Å²) in [6.45, 7) is 7.07. The molecule has 96 valence electrons. The molecule has 1 saturated heterocycles. The lowest BCUT2D eigenvalue weighted by molar-refractivity contribution is -0.0816. The number of ether oxygens (including phenoxy) is 1. The van der Waals surface area contributed by atoms with Gasteiger partial charge in [-0.2, -0.15) is 5.26 Å². The highest BCUT2D eigenvalue weighted by molar-refractivity contribution is 5.31. The predicted octanol–water partition coefficient (Wildman–Crippen LogP) is 3.74. The summed E-state index contributed by atoms with van der Waals surface area (Å²) in [6.07, 6.45) is 2.42. The van der Waals surface area contributed by atoms with Crippen LogP contribution >= 0.6 is 0 Å². The maximum absolute atomic E-state index is 9.18. The normalized spacial score (nSPS) is 26.6. The number of rotatable bonds is 2. The summed E-state index contributed by atoms with van der Waals surface area (Å²) in [5, 5.41) is 9.18. The molecule has 0 saturated carbocycles. The first kappa shape index (κ1) is 13.1. The first-order valence-electron chi connectivity index (χ1n) is 6.56. The lowest BCUT2D eigenvalue weighted by atomic mass is 9.67. The van der Waals surface area contributed by atoms with Crippen LogP contribution in [0.5, 0.6) is 0 Å². The molecule has 0 bridgehead atoms. The molecule has 0 aromatic heterocycles. The summed E-state index contributed by atoms with van der Waals surface area (Å²) >= 11 is 0. The SMILES string of the molecule is Cc1ccc([C@@]2(CC#N)CCOC(C)(C)C2)cc1. The number of nitriles is 1. The molecule has 2 nitrogen and oxygen atoms in total. The van der Waals surface area contributed by atoms with Crippen LogP contribution in [0.15, 0.2) is 24.3 Å². The molecule has 0 aliphatic carbocycles. The number of hydrogen-bond acceptors (Lipinski definition) is 2. The van der Waals surface area contributed by atoms with Crippen LogP contribution in [-0.2, 0) is 10.2 Å². The number of aryl methyl sites for hydroxylation is 1. The fourth-order valence-electron chi connectivity index (χ4n) is 3.03. The Labute approximate surface area is 110 Å². The highest BCUT2D eigenvalue weighted by Gasteiger charge is 2.41. The Morgan fingerprint density at radius 1 is 1.28 bits per heavy atom. The van der Waals surface area contributed by atoms with E-state index in [0.717, 1.165) is 19.4 Å². The summed E-state index contributed by atoms with van der Waals surface area (Å²) in [7, 11) is 0. The highest BCUT2D eigenvalue weighted by Crippen LogP contribution is 2.43. The summed E-state index contributed by atoms with van der Waals surface area (Å²) in [6, 6.07) is 11.0. The van der Waals surface area contributed by atoms with E-state index in [1.165, 1.54) is 11.1 Å². The Morgan fingerprint density at radius 3 is 2.50 bits per heavy atom. The van der Waals surface area contributed by atoms with E-state index in [9.17, 15) is 5.26 Å². The lowest BCUT2D eigenvalue weighted by Crippen LogP contribution is -2.43. The molecule has 0 N–H and O–H groups in total. The molecule has 1 aromatic rings. The van der Waals surface area contributed by atoms with Crippen molar-refractivity contribution in [1.82, 2.24) is 0 Å². The van der Waals surface area contributed by atoms with Gasteiger partial charge in [-0.15, -0.1) is 0 Å². The molecular formula is C16H21NO. The van der Waals surface area contributed by atoms with E-state index in [2.05, 4.69) is 51.1 Å². The molecule has 1 atom stereocenters. The van der Waals surface area contributed by atoms with Crippen molar-refractivity contribution in [2.24, 2.45) is 0 Å². The van der Waals surface area contributed by atoms with Crippen LogP contribution in [0, 0.1) is 18.3 Å². The molecule has 2 heteroatoms. The maximum atomic E-state index is 9.18. The Morgan fingerprint density at radius 2 is 1.94 bits per heavy atom. The smallest absolute Gasteiger partial charge is 0.0635 e. The first-order valence-corrected chi connectivity index (χ1v) is 6.56. The number of nitrogens with zero attached hydrogens (tertiary/aromatic N) is 1. The van der Waals surface area contributed by atoms with Crippen LogP contribution in [0.2, 0.25) is 0 Å². The van der Waals surface area contributed by atoms with Gasteiger partial charge >= 0.3 is 0 Å². The number of hydrogen-bond donors (Lipinski definition) is 0. The van der Waals surface area contributed by atoms with Gasteiger partial charge in [0, 0.05) is 18.4 Å². The van der Waals surface area contributed by atoms with Gasteiger partial charge in [0.05, 0.1) is 11.7 Å². The van der Waals surface area contributed by atoms with Crippen LogP contribution in [0.3, 0.4) is 0 Å². The Bertz CT molecular complexity index is 455. The molecule has 0 amide bonds. The second-order valence-electron chi connectivity index (χ2n) is 6.02. The average molecular weight is 243 g/mol. The lowest BCUT2D eigenvalue weighted by Gasteiger charge is -2.44. The van der Waals surface area contributed by atoms with Crippen LogP contribution in [0.25, 0.3) is 0 Å². The van der Waals surface area contributed by atoms with Gasteiger partial charge in [0.25, 0.3) is 0 Å². The molecule has 1 aromatic carbocycles. The van der Waals surface area contributed by atoms with E-state index in [-0.39, 0.29) is 11.0 Å². The zero-order chi connectivity index (χ0) is 13.2. The second-order valence-corrected chi connectivity index (χ2v) is 6.02. The van der Waals surface area contributed by atoms with Crippen molar-refractivity contribution in [2.75, 3.05) is 6.61 Å². The monoisotopic (exact) mass is 243 g/mol. The van der Waals surface area contributed by atoms with Crippen molar-refractivity contribution in [3.63, 3.8) is 0 Å². The minimum Gasteiger partial charge on any atom is -0.376 e. The van der Waals surface area contributed by atoms with E-state index in [4.69, 9.17) is 4.74 Å². The minimum atomic E-state index is -0.139. The fourth-order valence-corrected chi connectivity index (χ4v) is 3.03. The molecule has 1 heterocycles. The zero-order valence-corrected chi connectivity index (χ0v) is 11.5. The molecule has 0 radical (unpaired) electrons. The van der Waals surface area contributed by atoms with E-state index in [1.54, 1.807) is 0 Å². The van der Waals surface area contributed by atoms with Crippen LogP contribution < -0.4 is 0 Å². The molecular weight excluding hydrogens is 222 g/mol. The van der Waals surface area contributed by atoms with Crippen molar-refractivity contribution in [3.8, 4) is 6.07 Å². The summed E-state index contributed by atoms with van der Waals surface area (Å²) < 4.78 is 5.80. The van der Waals surface area contributed by atoms with Gasteiger partial charge in [-0.1, -0.05) is 29.8 Å². The van der Waals surface area contributed by atoms with Gasteiger partial charge in [0.1, 0.15) is 0 Å². The molecule has 1 fully saturated rings. The summed E-state index contributed by atoms with van der Waals surface area (Å²) in [4.78, 5) is 0. The van der Waals surface area contributed by atoms with E-state index >= 15 is 0 Å². The molecule has 1 aliphatic rings. The van der Waals surface area contributed by atoms with Crippen molar-refractivity contribution in [2.45, 2.75) is 51.0 Å². The fraction of sp³-hybridized carbons (Fsp3) is 0.562. The molecule has 1 aliphatic heterocycles. The topological polar surface area (TPSA) is 33.0 Å². The predicted molar refractivity (Wildman–Crippen MR) is 72.4 cm³/mol. The molecule has 18 heavy (non-hydrogen) atoms. The van der Waals surface area contributed by atoms with Crippen molar-refractivity contribution >= 4 is 0 Å². The standard InChI is InChI=1S/C16H21NO/c1-13-4-6-14(7-5-13)16(8-10-17)9-11-18-15(2,3)12-16/h4-7H,8-9,11-12H2,1-3H3/t16-/m0/s1. The Hall–Kier alpha value is -1.33. The van der Waals surface area contributed by atoms with Gasteiger partial charge in [0.2, 0.25) is 0 Å². The van der Waals surface area contributed by atoms with Gasteiger partial charge < -0.3 is 4.74 Å². The van der Waals surface area contributed by atoms with Crippen molar-refractivity contribution in [1.29, 1.82) is 5.26 Å². The van der Waals surface area contributed by atoms with E-state index in [1.807, 2.05) is 0 Å². The summed E-state index contributed by atoms with van der Waals surface area (Å²) in [5.74, 6) is 0. The maximum Gasteiger partial charge on any atom is 0.0635 e. The quantitative estimate of drug-likeness (QED) is 0.792. The van der Waals surface area contributed by atoms with E-state index in [0.29, 0.717) is 6.42 Å². The molecule has 0 spiro atoms. The highest BCUT2D eigenvalue weighted by atomic mass is 16.5. The third kappa shape index (κ3) is 2.57. The second kappa shape index (κ2) is 4.74. The van der Waals surface area contributed by atoms with Crippen LogP contribution in [0.1, 0.15) is 44.2 Å². The Kier molecular flexibility index (Phi) is 3.45. The van der Waals surface area contributed by atoms with E-state index < -0.39 is 0 Å². The zero-order valence-electron chi connectivity index (χ0n) is 11.5. The molecule has 0 unspecified atom stereocenters.